The number of carbonyl (C=O) groups is 1. The van der Waals surface area contributed by atoms with E-state index in [1.807, 2.05) is 18.2 Å². The van der Waals surface area contributed by atoms with Crippen molar-refractivity contribution >= 4 is 39.4 Å². The fraction of sp³-hybridized carbons (Fsp3) is 0.318. The smallest absolute Gasteiger partial charge is 0.214 e. The van der Waals surface area contributed by atoms with E-state index < -0.39 is 5.95 Å². The van der Waals surface area contributed by atoms with Crippen LogP contribution in [-0.4, -0.2) is 28.9 Å². The fourth-order valence-corrected chi connectivity index (χ4v) is 5.00. The molecule has 0 bridgehead atoms. The van der Waals surface area contributed by atoms with Gasteiger partial charge < -0.3 is 15.0 Å². The van der Waals surface area contributed by atoms with Gasteiger partial charge >= 0.3 is 0 Å². The van der Waals surface area contributed by atoms with Crippen molar-refractivity contribution in [3.63, 3.8) is 0 Å². The molecule has 0 unspecified atom stereocenters. The number of rotatable bonds is 3. The highest BCUT2D eigenvalue weighted by Crippen LogP contribution is 2.44. The van der Waals surface area contributed by atoms with Crippen molar-refractivity contribution in [3.8, 4) is 5.75 Å². The lowest BCUT2D eigenvalue weighted by Crippen LogP contribution is -2.28. The SMILES string of the molecule is CC1(C)CC(=O)c2sc(N3CCOc4ccc(Nc5cccc(F)n5)cc43)nc2C1. The Balaban J connectivity index is 1.49. The van der Waals surface area contributed by atoms with Gasteiger partial charge in [0.05, 0.1) is 22.8 Å². The van der Waals surface area contributed by atoms with E-state index >= 15 is 0 Å². The maximum Gasteiger partial charge on any atom is 0.214 e. The monoisotopic (exact) mass is 424 g/mol. The molecule has 6 nitrogen and oxygen atoms in total. The van der Waals surface area contributed by atoms with Gasteiger partial charge in [0.1, 0.15) is 18.2 Å². The molecule has 0 saturated carbocycles. The zero-order chi connectivity index (χ0) is 20.9. The van der Waals surface area contributed by atoms with Crippen LogP contribution in [-0.2, 0) is 6.42 Å². The van der Waals surface area contributed by atoms with Gasteiger partial charge in [0.15, 0.2) is 10.9 Å². The van der Waals surface area contributed by atoms with Crippen molar-refractivity contribution < 1.29 is 13.9 Å². The van der Waals surface area contributed by atoms with Gasteiger partial charge in [-0.3, -0.25) is 4.79 Å². The average molecular weight is 425 g/mol. The summed E-state index contributed by atoms with van der Waals surface area (Å²) in [6.45, 7) is 5.39. The Kier molecular flexibility index (Phi) is 4.47. The number of Topliss-reactive ketones (excluding diaryl/α,β-unsaturated/α-hetero) is 1. The number of nitrogens with zero attached hydrogens (tertiary/aromatic N) is 3. The van der Waals surface area contributed by atoms with Gasteiger partial charge in [-0.1, -0.05) is 31.3 Å². The normalized spacial score (nSPS) is 17.2. The third-order valence-corrected chi connectivity index (χ3v) is 6.43. The van der Waals surface area contributed by atoms with Crippen LogP contribution in [0.4, 0.5) is 26.7 Å². The summed E-state index contributed by atoms with van der Waals surface area (Å²) in [5.41, 5.74) is 2.46. The topological polar surface area (TPSA) is 67.3 Å². The first-order chi connectivity index (χ1) is 14.4. The minimum Gasteiger partial charge on any atom is -0.490 e. The van der Waals surface area contributed by atoms with Crippen LogP contribution in [0.3, 0.4) is 0 Å². The number of hydrogen-bond donors (Lipinski definition) is 1. The van der Waals surface area contributed by atoms with E-state index in [1.54, 1.807) is 12.1 Å². The van der Waals surface area contributed by atoms with Gasteiger partial charge in [-0.05, 0) is 42.2 Å². The maximum absolute atomic E-state index is 13.4. The van der Waals surface area contributed by atoms with Crippen LogP contribution in [0.5, 0.6) is 5.75 Å². The van der Waals surface area contributed by atoms with Gasteiger partial charge in [-0.2, -0.15) is 4.39 Å². The molecule has 1 aliphatic carbocycles. The summed E-state index contributed by atoms with van der Waals surface area (Å²) in [5.74, 6) is 0.810. The summed E-state index contributed by atoms with van der Waals surface area (Å²) < 4.78 is 19.2. The second-order valence-electron chi connectivity index (χ2n) is 8.37. The lowest BCUT2D eigenvalue weighted by Gasteiger charge is -2.29. The molecule has 0 fully saturated rings. The van der Waals surface area contributed by atoms with E-state index in [0.29, 0.717) is 25.4 Å². The Morgan fingerprint density at radius 3 is 2.90 bits per heavy atom. The van der Waals surface area contributed by atoms with Crippen molar-refractivity contribution in [2.75, 3.05) is 23.4 Å². The van der Waals surface area contributed by atoms with Crippen LogP contribution >= 0.6 is 11.3 Å². The molecule has 8 heteroatoms. The zero-order valence-electron chi connectivity index (χ0n) is 16.7. The molecule has 0 atom stereocenters. The van der Waals surface area contributed by atoms with Gasteiger partial charge in [0, 0.05) is 12.1 Å². The fourth-order valence-electron chi connectivity index (χ4n) is 3.94. The summed E-state index contributed by atoms with van der Waals surface area (Å²) in [4.78, 5) is 24.2. The van der Waals surface area contributed by atoms with E-state index in [0.717, 1.165) is 39.2 Å². The second-order valence-corrected chi connectivity index (χ2v) is 9.34. The minimum absolute atomic E-state index is 0.0621. The summed E-state index contributed by atoms with van der Waals surface area (Å²) in [6.07, 6.45) is 1.35. The van der Waals surface area contributed by atoms with Crippen LogP contribution in [0.25, 0.3) is 0 Å². The van der Waals surface area contributed by atoms with Gasteiger partial charge in [-0.25, -0.2) is 9.97 Å². The van der Waals surface area contributed by atoms with Crippen molar-refractivity contribution in [1.82, 2.24) is 9.97 Å². The van der Waals surface area contributed by atoms with Crippen LogP contribution in [0.2, 0.25) is 0 Å². The summed E-state index contributed by atoms with van der Waals surface area (Å²) in [5, 5.41) is 3.93. The Morgan fingerprint density at radius 2 is 2.07 bits per heavy atom. The van der Waals surface area contributed by atoms with Crippen LogP contribution < -0.4 is 15.0 Å². The second kappa shape index (κ2) is 7.05. The van der Waals surface area contributed by atoms with Crippen molar-refractivity contribution in [3.05, 3.63) is 52.9 Å². The Morgan fingerprint density at radius 1 is 1.20 bits per heavy atom. The molecular weight excluding hydrogens is 403 g/mol. The number of benzene rings is 1. The van der Waals surface area contributed by atoms with Crippen molar-refractivity contribution in [2.45, 2.75) is 26.7 Å². The predicted molar refractivity (Wildman–Crippen MR) is 115 cm³/mol. The number of aromatic nitrogens is 2. The van der Waals surface area contributed by atoms with E-state index in [1.165, 1.54) is 17.4 Å². The molecule has 2 aliphatic rings. The Labute approximate surface area is 177 Å². The highest BCUT2D eigenvalue weighted by Gasteiger charge is 2.35. The number of ether oxygens (including phenoxy) is 1. The number of nitrogens with one attached hydrogen (secondary N) is 1. The first kappa shape index (κ1) is 19.0. The molecule has 3 aromatic rings. The molecule has 154 valence electrons. The molecule has 2 aromatic heterocycles. The Hall–Kier alpha value is -3.00. The van der Waals surface area contributed by atoms with E-state index in [9.17, 15) is 9.18 Å². The van der Waals surface area contributed by atoms with Crippen LogP contribution in [0, 0.1) is 11.4 Å². The van der Waals surface area contributed by atoms with Crippen molar-refractivity contribution in [2.24, 2.45) is 5.41 Å². The predicted octanol–water partition coefficient (Wildman–Crippen LogP) is 5.11. The Bertz CT molecular complexity index is 1140. The minimum atomic E-state index is -0.538. The summed E-state index contributed by atoms with van der Waals surface area (Å²) in [7, 11) is 0. The van der Waals surface area contributed by atoms with Gasteiger partial charge in [0.2, 0.25) is 5.95 Å². The number of halogens is 1. The molecule has 1 N–H and O–H groups in total. The van der Waals surface area contributed by atoms with Crippen molar-refractivity contribution in [1.29, 1.82) is 0 Å². The quantitative estimate of drug-likeness (QED) is 0.590. The molecule has 1 aromatic carbocycles. The first-order valence-corrected chi connectivity index (χ1v) is 10.7. The lowest BCUT2D eigenvalue weighted by molar-refractivity contribution is 0.0916. The largest absolute Gasteiger partial charge is 0.490 e. The number of ketones is 1. The molecule has 0 saturated heterocycles. The lowest BCUT2D eigenvalue weighted by atomic mass is 9.78. The number of hydrogen-bond acceptors (Lipinski definition) is 7. The molecule has 0 spiro atoms. The summed E-state index contributed by atoms with van der Waals surface area (Å²) in [6, 6.07) is 10.3. The van der Waals surface area contributed by atoms with Crippen LogP contribution in [0.15, 0.2) is 36.4 Å². The van der Waals surface area contributed by atoms with E-state index in [4.69, 9.17) is 9.72 Å². The van der Waals surface area contributed by atoms with E-state index in [2.05, 4.69) is 29.0 Å². The standard InChI is InChI=1S/C22H21FN4O2S/c1-22(2)11-14-20(16(28)12-22)30-21(25-14)27-8-9-29-17-7-6-13(10-15(17)27)24-19-5-3-4-18(23)26-19/h3-7,10H,8-9,11-12H2,1-2H3,(H,24,26). The van der Waals surface area contributed by atoms with E-state index in [-0.39, 0.29) is 11.2 Å². The third-order valence-electron chi connectivity index (χ3n) is 5.27. The number of fused-ring (bicyclic) bond motifs is 2. The first-order valence-electron chi connectivity index (χ1n) is 9.85. The number of carbonyl (C=O) groups excluding carboxylic acids is 1. The van der Waals surface area contributed by atoms with Crippen LogP contribution in [0.1, 0.15) is 35.6 Å². The van der Waals surface area contributed by atoms with Gasteiger partial charge in [-0.15, -0.1) is 0 Å². The summed E-state index contributed by atoms with van der Waals surface area (Å²) >= 11 is 1.45. The molecule has 0 amide bonds. The third kappa shape index (κ3) is 3.52. The molecule has 0 radical (unpaired) electrons. The highest BCUT2D eigenvalue weighted by atomic mass is 32.1. The molecule has 1 aliphatic heterocycles. The number of anilines is 4. The maximum atomic E-state index is 13.4. The number of pyridine rings is 1. The molecular formula is C22H21FN4O2S. The highest BCUT2D eigenvalue weighted by molar-refractivity contribution is 7.17. The molecule has 3 heterocycles. The average Bonchev–Trinajstić information content (AvgIpc) is 3.10. The number of thiazole rings is 1. The molecule has 5 rings (SSSR count). The zero-order valence-corrected chi connectivity index (χ0v) is 17.6. The van der Waals surface area contributed by atoms with Gasteiger partial charge in [0.25, 0.3) is 0 Å². The molecule has 30 heavy (non-hydrogen) atoms.